The van der Waals surface area contributed by atoms with Gasteiger partial charge in [0.15, 0.2) is 0 Å². The van der Waals surface area contributed by atoms with Crippen LogP contribution in [0.2, 0.25) is 0 Å². The SMILES string of the molecule is CCCN(Cc1nnc(-c2cccs2)o1)C(=O)CN1CCCC(C(=O)OCC)C1. The van der Waals surface area contributed by atoms with Crippen LogP contribution in [0, 0.1) is 5.92 Å². The molecule has 0 saturated carbocycles. The molecule has 0 N–H and O–H groups in total. The van der Waals surface area contributed by atoms with E-state index >= 15 is 0 Å². The van der Waals surface area contributed by atoms with E-state index in [9.17, 15) is 9.59 Å². The van der Waals surface area contributed by atoms with Gasteiger partial charge in [-0.15, -0.1) is 21.5 Å². The smallest absolute Gasteiger partial charge is 0.310 e. The predicted octanol–water partition coefficient (Wildman–Crippen LogP) is 2.81. The van der Waals surface area contributed by atoms with E-state index in [4.69, 9.17) is 9.15 Å². The first-order valence-electron chi connectivity index (χ1n) is 10.1. The van der Waals surface area contributed by atoms with Crippen LogP contribution in [0.15, 0.2) is 21.9 Å². The molecule has 0 aliphatic carbocycles. The maximum atomic E-state index is 12.9. The lowest BCUT2D eigenvalue weighted by atomic mass is 9.98. The summed E-state index contributed by atoms with van der Waals surface area (Å²) in [7, 11) is 0. The van der Waals surface area contributed by atoms with Crippen molar-refractivity contribution in [2.75, 3.05) is 32.8 Å². The zero-order chi connectivity index (χ0) is 20.6. The normalized spacial score (nSPS) is 17.2. The Balaban J connectivity index is 1.58. The van der Waals surface area contributed by atoms with Crippen LogP contribution in [0.4, 0.5) is 0 Å². The van der Waals surface area contributed by atoms with E-state index in [0.717, 1.165) is 30.7 Å². The summed E-state index contributed by atoms with van der Waals surface area (Å²) in [6.07, 6.45) is 2.54. The third kappa shape index (κ3) is 5.86. The first kappa shape index (κ1) is 21.4. The molecule has 1 unspecified atom stereocenters. The molecule has 2 aromatic rings. The molecule has 8 nitrogen and oxygen atoms in total. The van der Waals surface area contributed by atoms with Gasteiger partial charge in [0.05, 0.1) is 30.5 Å². The van der Waals surface area contributed by atoms with Crippen LogP contribution in [0.5, 0.6) is 0 Å². The van der Waals surface area contributed by atoms with Crippen molar-refractivity contribution >= 4 is 23.2 Å². The topological polar surface area (TPSA) is 88.8 Å². The highest BCUT2D eigenvalue weighted by atomic mass is 32.1. The Bertz CT molecular complexity index is 792. The van der Waals surface area contributed by atoms with Gasteiger partial charge in [0.2, 0.25) is 11.8 Å². The van der Waals surface area contributed by atoms with Crippen molar-refractivity contribution in [2.24, 2.45) is 5.92 Å². The summed E-state index contributed by atoms with van der Waals surface area (Å²) < 4.78 is 10.9. The minimum atomic E-state index is -0.165. The lowest BCUT2D eigenvalue weighted by Gasteiger charge is -2.32. The number of hydrogen-bond donors (Lipinski definition) is 0. The van der Waals surface area contributed by atoms with Crippen LogP contribution in [-0.2, 0) is 20.9 Å². The maximum absolute atomic E-state index is 12.9. The average Bonchev–Trinajstić information content (AvgIpc) is 3.40. The highest BCUT2D eigenvalue weighted by Crippen LogP contribution is 2.23. The molecular formula is C20H28N4O4S. The summed E-state index contributed by atoms with van der Waals surface area (Å²) in [4.78, 5) is 29.7. The van der Waals surface area contributed by atoms with Gasteiger partial charge in [-0.2, -0.15) is 0 Å². The summed E-state index contributed by atoms with van der Waals surface area (Å²) in [6, 6.07) is 3.85. The number of piperidine rings is 1. The minimum Gasteiger partial charge on any atom is -0.466 e. The number of thiophene rings is 1. The molecule has 0 radical (unpaired) electrons. The fourth-order valence-corrected chi connectivity index (χ4v) is 4.13. The molecule has 1 amide bonds. The second kappa shape index (κ2) is 10.5. The number of aromatic nitrogens is 2. The lowest BCUT2D eigenvalue weighted by Crippen LogP contribution is -2.45. The fraction of sp³-hybridized carbons (Fsp3) is 0.600. The molecule has 3 heterocycles. The number of esters is 1. The number of hydrogen-bond acceptors (Lipinski definition) is 8. The summed E-state index contributed by atoms with van der Waals surface area (Å²) in [5.74, 6) is 0.597. The van der Waals surface area contributed by atoms with Gasteiger partial charge < -0.3 is 14.1 Å². The molecule has 0 spiro atoms. The Labute approximate surface area is 174 Å². The van der Waals surface area contributed by atoms with Gasteiger partial charge >= 0.3 is 5.97 Å². The molecule has 3 rings (SSSR count). The van der Waals surface area contributed by atoms with Crippen LogP contribution in [0.25, 0.3) is 10.8 Å². The standard InChI is InChI=1S/C20H28N4O4S/c1-3-9-24(13-17-21-22-19(28-17)16-8-6-11-29-16)18(25)14-23-10-5-7-15(12-23)20(26)27-4-2/h6,8,11,15H,3-5,7,9-10,12-14H2,1-2H3. The van der Waals surface area contributed by atoms with Crippen molar-refractivity contribution in [3.8, 4) is 10.8 Å². The Hall–Kier alpha value is -2.26. The average molecular weight is 421 g/mol. The number of amides is 1. The number of carbonyl (C=O) groups excluding carboxylic acids is 2. The van der Waals surface area contributed by atoms with E-state index in [2.05, 4.69) is 10.2 Å². The molecule has 9 heteroatoms. The van der Waals surface area contributed by atoms with Crippen molar-refractivity contribution in [1.29, 1.82) is 0 Å². The molecular weight excluding hydrogens is 392 g/mol. The largest absolute Gasteiger partial charge is 0.466 e. The van der Waals surface area contributed by atoms with Crippen LogP contribution >= 0.6 is 11.3 Å². The van der Waals surface area contributed by atoms with E-state index in [0.29, 0.717) is 38.0 Å². The molecule has 1 saturated heterocycles. The van der Waals surface area contributed by atoms with Crippen molar-refractivity contribution in [2.45, 2.75) is 39.7 Å². The molecule has 1 fully saturated rings. The first-order chi connectivity index (χ1) is 14.1. The van der Waals surface area contributed by atoms with Crippen LogP contribution < -0.4 is 0 Å². The zero-order valence-electron chi connectivity index (χ0n) is 17.0. The Morgan fingerprint density at radius 1 is 1.38 bits per heavy atom. The zero-order valence-corrected chi connectivity index (χ0v) is 17.8. The molecule has 29 heavy (non-hydrogen) atoms. The highest BCUT2D eigenvalue weighted by molar-refractivity contribution is 7.13. The molecule has 158 valence electrons. The van der Waals surface area contributed by atoms with Crippen molar-refractivity contribution in [3.63, 3.8) is 0 Å². The molecule has 0 aromatic carbocycles. The predicted molar refractivity (Wildman–Crippen MR) is 109 cm³/mol. The second-order valence-electron chi connectivity index (χ2n) is 7.12. The molecule has 1 atom stereocenters. The number of carbonyl (C=O) groups is 2. The summed E-state index contributed by atoms with van der Waals surface area (Å²) in [5, 5.41) is 10.1. The van der Waals surface area contributed by atoms with Crippen molar-refractivity contribution in [1.82, 2.24) is 20.0 Å². The monoisotopic (exact) mass is 420 g/mol. The maximum Gasteiger partial charge on any atom is 0.310 e. The molecule has 1 aliphatic heterocycles. The van der Waals surface area contributed by atoms with Gasteiger partial charge in [-0.3, -0.25) is 14.5 Å². The summed E-state index contributed by atoms with van der Waals surface area (Å²) in [6.45, 7) is 6.79. The summed E-state index contributed by atoms with van der Waals surface area (Å²) in [5.41, 5.74) is 0. The van der Waals surface area contributed by atoms with Gasteiger partial charge in [0.25, 0.3) is 5.89 Å². The van der Waals surface area contributed by atoms with E-state index in [1.54, 1.807) is 4.90 Å². The van der Waals surface area contributed by atoms with E-state index < -0.39 is 0 Å². The van der Waals surface area contributed by atoms with E-state index in [1.807, 2.05) is 36.3 Å². The second-order valence-corrected chi connectivity index (χ2v) is 8.07. The summed E-state index contributed by atoms with van der Waals surface area (Å²) >= 11 is 1.53. The third-order valence-corrected chi connectivity index (χ3v) is 5.71. The van der Waals surface area contributed by atoms with Gasteiger partial charge in [-0.25, -0.2) is 0 Å². The van der Waals surface area contributed by atoms with Gasteiger partial charge in [0, 0.05) is 13.1 Å². The molecule has 0 bridgehead atoms. The third-order valence-electron chi connectivity index (χ3n) is 4.86. The molecule has 1 aliphatic rings. The number of rotatable bonds is 9. The van der Waals surface area contributed by atoms with Gasteiger partial charge in [-0.1, -0.05) is 13.0 Å². The Morgan fingerprint density at radius 3 is 2.97 bits per heavy atom. The van der Waals surface area contributed by atoms with E-state index in [1.165, 1.54) is 11.3 Å². The number of nitrogens with zero attached hydrogens (tertiary/aromatic N) is 4. The lowest BCUT2D eigenvalue weighted by molar-refractivity contribution is -0.150. The molecule has 2 aromatic heterocycles. The van der Waals surface area contributed by atoms with Gasteiger partial charge in [-0.05, 0) is 44.2 Å². The number of ether oxygens (including phenoxy) is 1. The Morgan fingerprint density at radius 2 is 2.24 bits per heavy atom. The van der Waals surface area contributed by atoms with E-state index in [-0.39, 0.29) is 24.3 Å². The van der Waals surface area contributed by atoms with Crippen LogP contribution in [-0.4, -0.2) is 64.7 Å². The highest BCUT2D eigenvalue weighted by Gasteiger charge is 2.29. The first-order valence-corrected chi connectivity index (χ1v) is 11.0. The quantitative estimate of drug-likeness (QED) is 0.576. The number of likely N-dealkylation sites (tertiary alicyclic amines) is 1. The fourth-order valence-electron chi connectivity index (χ4n) is 3.49. The van der Waals surface area contributed by atoms with Crippen LogP contribution in [0.3, 0.4) is 0 Å². The minimum absolute atomic E-state index is 0.00670. The van der Waals surface area contributed by atoms with Crippen molar-refractivity contribution < 1.29 is 18.7 Å². The van der Waals surface area contributed by atoms with Crippen LogP contribution in [0.1, 0.15) is 39.0 Å². The Kier molecular flexibility index (Phi) is 7.76. The van der Waals surface area contributed by atoms with Crippen molar-refractivity contribution in [3.05, 3.63) is 23.4 Å². The van der Waals surface area contributed by atoms with Gasteiger partial charge in [0.1, 0.15) is 0 Å².